The average Bonchev–Trinajstić information content (AvgIpc) is 3.61. The zero-order valence-corrected chi connectivity index (χ0v) is 20.3. The van der Waals surface area contributed by atoms with E-state index in [1.165, 1.54) is 11.1 Å². The van der Waals surface area contributed by atoms with Crippen LogP contribution in [0.4, 0.5) is 0 Å². The van der Waals surface area contributed by atoms with E-state index in [4.69, 9.17) is 28.4 Å². The van der Waals surface area contributed by atoms with Crippen molar-refractivity contribution in [2.75, 3.05) is 39.6 Å². The first-order valence-electron chi connectivity index (χ1n) is 11.5. The molecule has 0 radical (unpaired) electrons. The monoisotopic (exact) mass is 506 g/mol. The lowest BCUT2D eigenvalue weighted by Crippen LogP contribution is -2.10. The Balaban J connectivity index is 1.36. The van der Waals surface area contributed by atoms with Gasteiger partial charge in [0.2, 0.25) is 0 Å². The van der Waals surface area contributed by atoms with Crippen LogP contribution >= 0.6 is 15.9 Å². The Bertz CT molecular complexity index is 881. The zero-order chi connectivity index (χ0) is 22.1. The second-order valence-electron chi connectivity index (χ2n) is 9.13. The molecule has 0 aliphatic carbocycles. The van der Waals surface area contributed by atoms with Gasteiger partial charge in [0.1, 0.15) is 36.9 Å². The highest BCUT2D eigenvalue weighted by Gasteiger charge is 2.30. The molecular formula is C25H31BrO6. The fourth-order valence-corrected chi connectivity index (χ4v) is 4.32. The molecule has 0 saturated carbocycles. The molecule has 0 N–H and O–H groups in total. The predicted octanol–water partition coefficient (Wildman–Crippen LogP) is 4.18. The Morgan fingerprint density at radius 2 is 1.69 bits per heavy atom. The van der Waals surface area contributed by atoms with E-state index in [1.807, 2.05) is 4.99 Å². The van der Waals surface area contributed by atoms with Gasteiger partial charge in [0.05, 0.1) is 38.6 Å². The van der Waals surface area contributed by atoms with Gasteiger partial charge in [-0.05, 0) is 35.1 Å². The Kier molecular flexibility index (Phi) is 6.90. The highest BCUT2D eigenvalue weighted by molar-refractivity contribution is 9.11. The molecule has 4 saturated heterocycles. The van der Waals surface area contributed by atoms with Crippen molar-refractivity contribution >= 4 is 15.9 Å². The number of benzene rings is 1. The molecule has 5 rings (SSSR count). The summed E-state index contributed by atoms with van der Waals surface area (Å²) in [6.45, 7) is 8.77. The minimum atomic E-state index is 0.213. The first-order valence-corrected chi connectivity index (χ1v) is 12.4. The molecule has 0 bridgehead atoms. The van der Waals surface area contributed by atoms with Crippen LogP contribution in [-0.2, 0) is 30.1 Å². The van der Waals surface area contributed by atoms with Crippen molar-refractivity contribution in [3.63, 3.8) is 0 Å². The van der Waals surface area contributed by atoms with Crippen molar-refractivity contribution in [3.05, 3.63) is 51.2 Å². The minimum Gasteiger partial charge on any atom is -0.490 e. The highest BCUT2D eigenvalue weighted by atomic mass is 79.9. The first kappa shape index (κ1) is 22.4. The normalized spacial score (nSPS) is 29.5. The average molecular weight is 507 g/mol. The van der Waals surface area contributed by atoms with Crippen LogP contribution in [0.15, 0.2) is 34.5 Å². The summed E-state index contributed by atoms with van der Waals surface area (Å²) in [7, 11) is 0. The Morgan fingerprint density at radius 3 is 2.31 bits per heavy atom. The van der Waals surface area contributed by atoms with Gasteiger partial charge in [-0.1, -0.05) is 41.1 Å². The quantitative estimate of drug-likeness (QED) is 0.227. The third kappa shape index (κ3) is 6.35. The van der Waals surface area contributed by atoms with Crippen molar-refractivity contribution in [2.45, 2.75) is 57.0 Å². The summed E-state index contributed by atoms with van der Waals surface area (Å²) in [6.07, 6.45) is 5.07. The van der Waals surface area contributed by atoms with Gasteiger partial charge < -0.3 is 28.4 Å². The number of allylic oxidation sites excluding steroid dienone is 2. The van der Waals surface area contributed by atoms with Crippen molar-refractivity contribution in [2.24, 2.45) is 0 Å². The molecule has 4 aliphatic rings. The molecule has 6 nitrogen and oxygen atoms in total. The molecule has 0 spiro atoms. The summed E-state index contributed by atoms with van der Waals surface area (Å²) < 4.78 is 33.8. The summed E-state index contributed by atoms with van der Waals surface area (Å²) in [6, 6.07) is 4.52. The van der Waals surface area contributed by atoms with E-state index in [9.17, 15) is 0 Å². The molecule has 5 unspecified atom stereocenters. The van der Waals surface area contributed by atoms with Gasteiger partial charge in [-0.25, -0.2) is 0 Å². The number of aryl methyl sites for hydroxylation is 1. The van der Waals surface area contributed by atoms with E-state index in [2.05, 4.69) is 48.0 Å². The number of rotatable bonds is 13. The third-order valence-corrected chi connectivity index (χ3v) is 6.53. The molecule has 1 aromatic rings. The number of hydrogen-bond acceptors (Lipinski definition) is 6. The second kappa shape index (κ2) is 9.85. The van der Waals surface area contributed by atoms with E-state index in [0.29, 0.717) is 19.3 Å². The van der Waals surface area contributed by atoms with E-state index in [-0.39, 0.29) is 24.2 Å². The Labute approximate surface area is 198 Å². The standard InChI is InChI=1S/C25H31BrO6/c1-15(3-18(6-20-9-27-20)24(8-26)31-13-22-11-29-22)17-4-16(2)25(32-14-23-12-30-23)19(5-17)7-21-10-28-21/h3-5,8,15,20-23H,6-7,9-14H2,1-2H3/b18-3-,24-8-. The van der Waals surface area contributed by atoms with Crippen molar-refractivity contribution in [1.29, 1.82) is 0 Å². The van der Waals surface area contributed by atoms with Crippen molar-refractivity contribution < 1.29 is 28.4 Å². The molecule has 7 heteroatoms. The number of halogens is 1. The van der Waals surface area contributed by atoms with Gasteiger partial charge >= 0.3 is 0 Å². The maximum absolute atomic E-state index is 6.15. The minimum absolute atomic E-state index is 0.213. The summed E-state index contributed by atoms with van der Waals surface area (Å²) in [5.74, 6) is 2.05. The number of epoxide rings is 4. The molecule has 0 amide bonds. The van der Waals surface area contributed by atoms with Crippen LogP contribution in [0.5, 0.6) is 5.75 Å². The summed E-state index contributed by atoms with van der Waals surface area (Å²) >= 11 is 3.49. The SMILES string of the molecule is Cc1cc(C(C)/C=C(CC2CO2)\C(=C\Br)OCC2CO2)cc(CC2CO2)c1OCC1CO1. The molecule has 0 aromatic heterocycles. The lowest BCUT2D eigenvalue weighted by Gasteiger charge is -2.19. The van der Waals surface area contributed by atoms with Gasteiger partial charge in [-0.2, -0.15) is 0 Å². The topological polar surface area (TPSA) is 68.6 Å². The molecule has 32 heavy (non-hydrogen) atoms. The molecule has 174 valence electrons. The fraction of sp³-hybridized carbons (Fsp3) is 0.600. The molecule has 4 aliphatic heterocycles. The lowest BCUT2D eigenvalue weighted by atomic mass is 9.91. The highest BCUT2D eigenvalue weighted by Crippen LogP contribution is 2.35. The summed E-state index contributed by atoms with van der Waals surface area (Å²) in [4.78, 5) is 1.87. The largest absolute Gasteiger partial charge is 0.490 e. The van der Waals surface area contributed by atoms with Gasteiger partial charge in [0.25, 0.3) is 0 Å². The van der Waals surface area contributed by atoms with Crippen LogP contribution in [0.25, 0.3) is 0 Å². The molecule has 1 aromatic carbocycles. The number of ether oxygens (including phenoxy) is 6. The maximum atomic E-state index is 6.15. The van der Waals surface area contributed by atoms with Crippen molar-refractivity contribution in [3.8, 4) is 5.75 Å². The second-order valence-corrected chi connectivity index (χ2v) is 9.59. The lowest BCUT2D eigenvalue weighted by molar-refractivity contribution is 0.188. The Morgan fingerprint density at radius 1 is 1.03 bits per heavy atom. The van der Waals surface area contributed by atoms with E-state index < -0.39 is 0 Å². The van der Waals surface area contributed by atoms with Crippen molar-refractivity contribution in [1.82, 2.24) is 0 Å². The van der Waals surface area contributed by atoms with Gasteiger partial charge in [-0.15, -0.1) is 0 Å². The van der Waals surface area contributed by atoms with Crippen LogP contribution in [0, 0.1) is 6.92 Å². The Hall–Kier alpha value is -1.38. The zero-order valence-electron chi connectivity index (χ0n) is 18.7. The van der Waals surface area contributed by atoms with Gasteiger partial charge in [-0.3, -0.25) is 0 Å². The predicted molar refractivity (Wildman–Crippen MR) is 123 cm³/mol. The van der Waals surface area contributed by atoms with Crippen LogP contribution in [0.2, 0.25) is 0 Å². The smallest absolute Gasteiger partial charge is 0.129 e. The third-order valence-electron chi connectivity index (χ3n) is 6.11. The first-order chi connectivity index (χ1) is 15.6. The molecule has 5 atom stereocenters. The van der Waals surface area contributed by atoms with Gasteiger partial charge in [0, 0.05) is 17.8 Å². The van der Waals surface area contributed by atoms with Crippen LogP contribution in [0.1, 0.15) is 36.0 Å². The summed E-state index contributed by atoms with van der Waals surface area (Å²) in [5, 5.41) is 0. The molecule has 4 fully saturated rings. The molecule has 4 heterocycles. The fourth-order valence-electron chi connectivity index (χ4n) is 3.89. The van der Waals surface area contributed by atoms with E-state index in [1.54, 1.807) is 0 Å². The van der Waals surface area contributed by atoms with E-state index >= 15 is 0 Å². The van der Waals surface area contributed by atoms with Crippen LogP contribution in [-0.4, -0.2) is 64.1 Å². The van der Waals surface area contributed by atoms with E-state index in [0.717, 1.165) is 61.9 Å². The summed E-state index contributed by atoms with van der Waals surface area (Å²) in [5.41, 5.74) is 4.80. The maximum Gasteiger partial charge on any atom is 0.129 e. The van der Waals surface area contributed by atoms with Crippen LogP contribution in [0.3, 0.4) is 0 Å². The van der Waals surface area contributed by atoms with Gasteiger partial charge in [0.15, 0.2) is 0 Å². The number of hydrogen-bond donors (Lipinski definition) is 0. The molecular weight excluding hydrogens is 476 g/mol. The van der Waals surface area contributed by atoms with Crippen LogP contribution < -0.4 is 4.74 Å².